The van der Waals surface area contributed by atoms with Crippen molar-refractivity contribution < 1.29 is 4.79 Å². The highest BCUT2D eigenvalue weighted by Crippen LogP contribution is 2.10. The summed E-state index contributed by atoms with van der Waals surface area (Å²) in [6, 6.07) is 3.61. The molecule has 0 aliphatic heterocycles. The van der Waals surface area contributed by atoms with Crippen LogP contribution in [-0.2, 0) is 6.42 Å². The molecular weight excluding hydrogens is 178 g/mol. The molecule has 0 aliphatic rings. The fraction of sp³-hybridized carbons (Fsp3) is 0.300. The summed E-state index contributed by atoms with van der Waals surface area (Å²) in [5.74, 6) is 0.897. The maximum atomic E-state index is 11.3. The molecule has 4 nitrogen and oxygen atoms in total. The lowest BCUT2D eigenvalue weighted by Gasteiger charge is -1.99. The van der Waals surface area contributed by atoms with Gasteiger partial charge < -0.3 is 0 Å². The van der Waals surface area contributed by atoms with Crippen molar-refractivity contribution in [3.05, 3.63) is 29.7 Å². The van der Waals surface area contributed by atoms with Gasteiger partial charge in [-0.15, -0.1) is 10.2 Å². The second kappa shape index (κ2) is 3.21. The van der Waals surface area contributed by atoms with Gasteiger partial charge in [0.05, 0.1) is 5.56 Å². The third-order valence-electron chi connectivity index (χ3n) is 2.20. The highest BCUT2D eigenvalue weighted by atomic mass is 16.1. The fourth-order valence-corrected chi connectivity index (χ4v) is 1.48. The number of rotatable bonds is 2. The minimum absolute atomic E-state index is 0.0191. The van der Waals surface area contributed by atoms with E-state index >= 15 is 0 Å². The van der Waals surface area contributed by atoms with Crippen LogP contribution in [0, 0.1) is 0 Å². The zero-order chi connectivity index (χ0) is 10.1. The molecule has 72 valence electrons. The smallest absolute Gasteiger partial charge is 0.171 e. The molecule has 2 aromatic rings. The van der Waals surface area contributed by atoms with Gasteiger partial charge in [0, 0.05) is 12.6 Å². The first-order valence-electron chi connectivity index (χ1n) is 4.57. The molecule has 0 fully saturated rings. The first-order valence-corrected chi connectivity index (χ1v) is 4.57. The summed E-state index contributed by atoms with van der Waals surface area (Å²) >= 11 is 0. The Hall–Kier alpha value is -1.71. The van der Waals surface area contributed by atoms with Crippen LogP contribution in [0.1, 0.15) is 30.0 Å². The van der Waals surface area contributed by atoms with Crippen molar-refractivity contribution in [1.29, 1.82) is 0 Å². The molecule has 0 amide bonds. The summed E-state index contributed by atoms with van der Waals surface area (Å²) in [6.07, 6.45) is 2.68. The molecule has 2 rings (SSSR count). The lowest BCUT2D eigenvalue weighted by atomic mass is 10.2. The SMILES string of the molecule is CCc1nnc2c(C(C)=O)cccn12. The molecular formula is C10H11N3O. The second-order valence-electron chi connectivity index (χ2n) is 3.14. The standard InChI is InChI=1S/C10H11N3O/c1-3-9-11-12-10-8(7(2)14)5-4-6-13(9)10/h4-6H,3H2,1-2H3. The number of nitrogens with zero attached hydrogens (tertiary/aromatic N) is 3. The van der Waals surface area contributed by atoms with Crippen molar-refractivity contribution in [1.82, 2.24) is 14.6 Å². The zero-order valence-electron chi connectivity index (χ0n) is 8.19. The van der Waals surface area contributed by atoms with E-state index in [9.17, 15) is 4.79 Å². The first kappa shape index (κ1) is 8.87. The summed E-state index contributed by atoms with van der Waals surface area (Å²) in [5, 5.41) is 8.02. The number of hydrogen-bond donors (Lipinski definition) is 0. The largest absolute Gasteiger partial charge is 0.294 e. The Balaban J connectivity index is 2.76. The molecule has 0 radical (unpaired) electrons. The minimum Gasteiger partial charge on any atom is -0.294 e. The van der Waals surface area contributed by atoms with Crippen molar-refractivity contribution in [2.24, 2.45) is 0 Å². The third kappa shape index (κ3) is 1.19. The zero-order valence-corrected chi connectivity index (χ0v) is 8.19. The molecule has 0 atom stereocenters. The predicted octanol–water partition coefficient (Wildman–Crippen LogP) is 1.49. The van der Waals surface area contributed by atoms with E-state index in [1.165, 1.54) is 6.92 Å². The number of fused-ring (bicyclic) bond motifs is 1. The predicted molar refractivity (Wildman–Crippen MR) is 52.4 cm³/mol. The Bertz CT molecular complexity index is 487. The van der Waals surface area contributed by atoms with Gasteiger partial charge in [0.25, 0.3) is 0 Å². The van der Waals surface area contributed by atoms with Gasteiger partial charge >= 0.3 is 0 Å². The average molecular weight is 189 g/mol. The van der Waals surface area contributed by atoms with Gasteiger partial charge in [0.15, 0.2) is 11.4 Å². The topological polar surface area (TPSA) is 47.3 Å². The Labute approximate surface area is 81.6 Å². The van der Waals surface area contributed by atoms with Crippen molar-refractivity contribution in [3.63, 3.8) is 0 Å². The Morgan fingerprint density at radius 1 is 1.50 bits per heavy atom. The van der Waals surface area contributed by atoms with Crippen LogP contribution in [0.3, 0.4) is 0 Å². The van der Waals surface area contributed by atoms with Gasteiger partial charge in [0.1, 0.15) is 5.82 Å². The molecule has 0 spiro atoms. The molecule has 0 saturated carbocycles. The number of Topliss-reactive ketones (excluding diaryl/α,β-unsaturated/α-hetero) is 1. The average Bonchev–Trinajstić information content (AvgIpc) is 2.59. The maximum absolute atomic E-state index is 11.3. The van der Waals surface area contributed by atoms with E-state index in [-0.39, 0.29) is 5.78 Å². The second-order valence-corrected chi connectivity index (χ2v) is 3.14. The summed E-state index contributed by atoms with van der Waals surface area (Å²) in [5.41, 5.74) is 1.27. The van der Waals surface area contributed by atoms with E-state index in [1.54, 1.807) is 6.07 Å². The van der Waals surface area contributed by atoms with E-state index in [4.69, 9.17) is 0 Å². The lowest BCUT2D eigenvalue weighted by Crippen LogP contribution is -1.98. The van der Waals surface area contributed by atoms with Gasteiger partial charge in [-0.25, -0.2) is 0 Å². The normalized spacial score (nSPS) is 10.7. The van der Waals surface area contributed by atoms with Crippen LogP contribution in [0.5, 0.6) is 0 Å². The molecule has 2 aromatic heterocycles. The molecule has 0 aromatic carbocycles. The molecule has 4 heteroatoms. The van der Waals surface area contributed by atoms with E-state index in [0.29, 0.717) is 11.2 Å². The van der Waals surface area contributed by atoms with E-state index in [1.807, 2.05) is 23.6 Å². The van der Waals surface area contributed by atoms with Crippen LogP contribution in [0.2, 0.25) is 0 Å². The van der Waals surface area contributed by atoms with Crippen LogP contribution in [0.25, 0.3) is 5.65 Å². The van der Waals surface area contributed by atoms with Gasteiger partial charge in [0.2, 0.25) is 0 Å². The number of aromatic nitrogens is 3. The van der Waals surface area contributed by atoms with Gasteiger partial charge in [-0.1, -0.05) is 6.92 Å². The van der Waals surface area contributed by atoms with Crippen LogP contribution in [-0.4, -0.2) is 20.4 Å². The number of pyridine rings is 1. The Kier molecular flexibility index (Phi) is 2.04. The van der Waals surface area contributed by atoms with Crippen LogP contribution in [0.15, 0.2) is 18.3 Å². The highest BCUT2D eigenvalue weighted by molar-refractivity contribution is 5.99. The summed E-state index contributed by atoms with van der Waals surface area (Å²) < 4.78 is 1.86. The van der Waals surface area contributed by atoms with Gasteiger partial charge in [-0.3, -0.25) is 9.20 Å². The molecule has 0 bridgehead atoms. The van der Waals surface area contributed by atoms with Crippen LogP contribution >= 0.6 is 0 Å². The molecule has 0 unspecified atom stereocenters. The van der Waals surface area contributed by atoms with Crippen molar-refractivity contribution in [3.8, 4) is 0 Å². The number of aryl methyl sites for hydroxylation is 1. The van der Waals surface area contributed by atoms with Gasteiger partial charge in [-0.2, -0.15) is 0 Å². The van der Waals surface area contributed by atoms with E-state index in [2.05, 4.69) is 10.2 Å². The van der Waals surface area contributed by atoms with Crippen LogP contribution < -0.4 is 0 Å². The summed E-state index contributed by atoms with van der Waals surface area (Å²) in [6.45, 7) is 3.55. The van der Waals surface area contributed by atoms with Crippen molar-refractivity contribution in [2.75, 3.05) is 0 Å². The van der Waals surface area contributed by atoms with Crippen LogP contribution in [0.4, 0.5) is 0 Å². The number of carbonyl (C=O) groups excluding carboxylic acids is 1. The monoisotopic (exact) mass is 189 g/mol. The van der Waals surface area contributed by atoms with Gasteiger partial charge in [-0.05, 0) is 19.1 Å². The highest BCUT2D eigenvalue weighted by Gasteiger charge is 2.09. The molecule has 2 heterocycles. The fourth-order valence-electron chi connectivity index (χ4n) is 1.48. The van der Waals surface area contributed by atoms with E-state index < -0.39 is 0 Å². The first-order chi connectivity index (χ1) is 6.74. The summed E-state index contributed by atoms with van der Waals surface area (Å²) in [7, 11) is 0. The molecule has 0 N–H and O–H groups in total. The molecule has 0 saturated heterocycles. The number of hydrogen-bond acceptors (Lipinski definition) is 3. The van der Waals surface area contributed by atoms with E-state index in [0.717, 1.165) is 12.2 Å². The quantitative estimate of drug-likeness (QED) is 0.672. The number of ketones is 1. The number of carbonyl (C=O) groups is 1. The lowest BCUT2D eigenvalue weighted by molar-refractivity contribution is 0.101. The van der Waals surface area contributed by atoms with Crippen molar-refractivity contribution >= 4 is 11.4 Å². The molecule has 14 heavy (non-hydrogen) atoms. The Morgan fingerprint density at radius 2 is 2.29 bits per heavy atom. The Morgan fingerprint density at radius 3 is 2.93 bits per heavy atom. The molecule has 0 aliphatic carbocycles. The summed E-state index contributed by atoms with van der Waals surface area (Å²) in [4.78, 5) is 11.3. The minimum atomic E-state index is 0.0191. The third-order valence-corrected chi connectivity index (χ3v) is 2.20. The van der Waals surface area contributed by atoms with Crippen molar-refractivity contribution in [2.45, 2.75) is 20.3 Å². The maximum Gasteiger partial charge on any atom is 0.171 e.